The molecular weight excluding hydrogens is 529 g/mol. The molecule has 1 saturated heterocycles. The Kier molecular flexibility index (Phi) is 8.30. The molecule has 1 aromatic carbocycles. The van der Waals surface area contributed by atoms with Gasteiger partial charge in [-0.05, 0) is 42.5 Å². The van der Waals surface area contributed by atoms with E-state index in [1.54, 1.807) is 0 Å². The van der Waals surface area contributed by atoms with Gasteiger partial charge in [0.15, 0.2) is 17.5 Å². The second-order valence-electron chi connectivity index (χ2n) is 11.2. The highest BCUT2D eigenvalue weighted by molar-refractivity contribution is 6.76. The highest BCUT2D eigenvalue weighted by Gasteiger charge is 2.35. The third-order valence-electron chi connectivity index (χ3n) is 6.82. The largest absolute Gasteiger partial charge is 0.383 e. The third-order valence-corrected chi connectivity index (χ3v) is 8.53. The molecule has 3 heterocycles. The van der Waals surface area contributed by atoms with Crippen molar-refractivity contribution in [2.24, 2.45) is 5.92 Å². The Bertz CT molecular complexity index is 1370. The molecule has 0 unspecified atom stereocenters. The second-order valence-corrected chi connectivity index (χ2v) is 16.8. The van der Waals surface area contributed by atoms with E-state index < -0.39 is 43.4 Å². The number of piperidine rings is 1. The number of hydrogen-bond acceptors (Lipinski definition) is 6. The SMILES string of the molecule is C[C@H]1CC[C@H](c2cc(F)c(F)c(F)c2)N(C(=O)C(=O)Nc2cnc(N)c3cnn(COCC[Si](C)(C)C)c23)C1. The number of likely N-dealkylation sites (tertiary alicyclic amines) is 1. The molecule has 2 atom stereocenters. The Morgan fingerprint density at radius 2 is 1.85 bits per heavy atom. The van der Waals surface area contributed by atoms with E-state index in [1.165, 1.54) is 22.0 Å². The minimum atomic E-state index is -1.58. The van der Waals surface area contributed by atoms with Gasteiger partial charge in [0, 0.05) is 21.2 Å². The molecule has 4 rings (SSSR count). The topological polar surface area (TPSA) is 115 Å². The number of ether oxygens (including phenoxy) is 1. The fourth-order valence-electron chi connectivity index (χ4n) is 4.64. The van der Waals surface area contributed by atoms with Gasteiger partial charge in [-0.1, -0.05) is 26.6 Å². The molecule has 9 nitrogen and oxygen atoms in total. The quantitative estimate of drug-likeness (QED) is 0.187. The molecule has 2 amide bonds. The zero-order valence-corrected chi connectivity index (χ0v) is 23.4. The van der Waals surface area contributed by atoms with Crippen molar-refractivity contribution in [3.63, 3.8) is 0 Å². The van der Waals surface area contributed by atoms with Crippen LogP contribution in [0, 0.1) is 23.4 Å². The van der Waals surface area contributed by atoms with Crippen LogP contribution in [0.2, 0.25) is 25.7 Å². The van der Waals surface area contributed by atoms with Crippen LogP contribution in [-0.4, -0.2) is 52.7 Å². The van der Waals surface area contributed by atoms with Gasteiger partial charge in [0.1, 0.15) is 12.5 Å². The van der Waals surface area contributed by atoms with E-state index in [1.807, 2.05) is 6.92 Å². The van der Waals surface area contributed by atoms with E-state index in [0.717, 1.165) is 18.2 Å². The van der Waals surface area contributed by atoms with E-state index >= 15 is 0 Å². The van der Waals surface area contributed by atoms with Crippen molar-refractivity contribution in [1.82, 2.24) is 19.7 Å². The van der Waals surface area contributed by atoms with Crippen LogP contribution in [0.25, 0.3) is 10.9 Å². The first-order valence-corrected chi connectivity index (χ1v) is 16.5. The molecule has 13 heteroatoms. The summed E-state index contributed by atoms with van der Waals surface area (Å²) in [4.78, 5) is 31.9. The minimum Gasteiger partial charge on any atom is -0.383 e. The number of fused-ring (bicyclic) bond motifs is 1. The molecule has 1 fully saturated rings. The number of nitrogens with zero attached hydrogens (tertiary/aromatic N) is 4. The number of aromatic nitrogens is 3. The number of anilines is 2. The van der Waals surface area contributed by atoms with Gasteiger partial charge in [-0.3, -0.25) is 9.59 Å². The smallest absolute Gasteiger partial charge is 0.314 e. The van der Waals surface area contributed by atoms with Crippen LogP contribution in [0.4, 0.5) is 24.7 Å². The number of benzene rings is 1. The Labute approximate surface area is 225 Å². The van der Waals surface area contributed by atoms with Crippen molar-refractivity contribution < 1.29 is 27.5 Å². The van der Waals surface area contributed by atoms with Gasteiger partial charge in [-0.2, -0.15) is 5.10 Å². The first-order chi connectivity index (χ1) is 18.4. The van der Waals surface area contributed by atoms with Gasteiger partial charge in [0.05, 0.1) is 35.0 Å². The summed E-state index contributed by atoms with van der Waals surface area (Å²) in [5.41, 5.74) is 6.76. The number of pyridine rings is 1. The predicted octanol–water partition coefficient (Wildman–Crippen LogP) is 4.68. The molecule has 39 heavy (non-hydrogen) atoms. The van der Waals surface area contributed by atoms with E-state index in [9.17, 15) is 22.8 Å². The molecule has 3 aromatic rings. The van der Waals surface area contributed by atoms with Gasteiger partial charge >= 0.3 is 11.8 Å². The molecular formula is C26H33F3N6O3Si. The first kappa shape index (κ1) is 28.6. The van der Waals surface area contributed by atoms with E-state index in [-0.39, 0.29) is 36.3 Å². The molecule has 0 radical (unpaired) electrons. The van der Waals surface area contributed by atoms with Crippen LogP contribution < -0.4 is 11.1 Å². The van der Waals surface area contributed by atoms with Crippen molar-refractivity contribution in [2.45, 2.75) is 58.2 Å². The van der Waals surface area contributed by atoms with Gasteiger partial charge in [-0.15, -0.1) is 0 Å². The maximum Gasteiger partial charge on any atom is 0.314 e. The number of halogens is 3. The molecule has 3 N–H and O–H groups in total. The Morgan fingerprint density at radius 3 is 2.51 bits per heavy atom. The lowest BCUT2D eigenvalue weighted by atomic mass is 9.89. The van der Waals surface area contributed by atoms with E-state index in [0.29, 0.717) is 30.4 Å². The molecule has 1 aliphatic rings. The van der Waals surface area contributed by atoms with Gasteiger partial charge < -0.3 is 20.7 Å². The van der Waals surface area contributed by atoms with Crippen LogP contribution in [0.3, 0.4) is 0 Å². The van der Waals surface area contributed by atoms with Gasteiger partial charge in [0.2, 0.25) is 0 Å². The number of nitrogens with two attached hydrogens (primary N) is 1. The van der Waals surface area contributed by atoms with Crippen molar-refractivity contribution in [1.29, 1.82) is 0 Å². The lowest BCUT2D eigenvalue weighted by Crippen LogP contribution is -2.46. The lowest BCUT2D eigenvalue weighted by molar-refractivity contribution is -0.146. The van der Waals surface area contributed by atoms with Crippen molar-refractivity contribution in [3.8, 4) is 0 Å². The minimum absolute atomic E-state index is 0.0489. The van der Waals surface area contributed by atoms with Gasteiger partial charge in [-0.25, -0.2) is 22.8 Å². The summed E-state index contributed by atoms with van der Waals surface area (Å²) in [6.07, 6.45) is 3.87. The number of carbonyl (C=O) groups is 2. The Hall–Kier alpha value is -3.45. The van der Waals surface area contributed by atoms with Crippen molar-refractivity contribution in [3.05, 3.63) is 47.5 Å². The average molecular weight is 563 g/mol. The standard InChI is InChI=1S/C26H33F3N6O3Si/c1-15-5-6-21(16-9-18(27)22(29)19(28)10-16)34(13-15)26(37)25(36)33-20-12-31-24(30)17-11-32-35(23(17)20)14-38-7-8-39(2,3)4/h9-12,15,21H,5-8,13-14H2,1-4H3,(H2,30,31)(H,33,36)/t15-,21+/m0/s1. The number of hydrogen-bond donors (Lipinski definition) is 2. The maximum absolute atomic E-state index is 14.0. The van der Waals surface area contributed by atoms with Crippen LogP contribution >= 0.6 is 0 Å². The summed E-state index contributed by atoms with van der Waals surface area (Å²) in [5.74, 6) is -5.89. The average Bonchev–Trinajstić information content (AvgIpc) is 3.30. The van der Waals surface area contributed by atoms with Crippen LogP contribution in [0.1, 0.15) is 31.4 Å². The molecule has 0 saturated carbocycles. The molecule has 0 bridgehead atoms. The number of amides is 2. The summed E-state index contributed by atoms with van der Waals surface area (Å²) in [5, 5.41) is 7.40. The zero-order chi connectivity index (χ0) is 28.5. The molecule has 2 aromatic heterocycles. The molecule has 210 valence electrons. The van der Waals surface area contributed by atoms with Crippen LogP contribution in [0.5, 0.6) is 0 Å². The van der Waals surface area contributed by atoms with E-state index in [2.05, 4.69) is 35.0 Å². The fourth-order valence-corrected chi connectivity index (χ4v) is 5.39. The number of carbonyl (C=O) groups excluding carboxylic acids is 2. The molecule has 0 aliphatic carbocycles. The lowest BCUT2D eigenvalue weighted by Gasteiger charge is -2.38. The van der Waals surface area contributed by atoms with Gasteiger partial charge in [0.25, 0.3) is 0 Å². The van der Waals surface area contributed by atoms with Crippen molar-refractivity contribution >= 4 is 42.3 Å². The molecule has 1 aliphatic heterocycles. The van der Waals surface area contributed by atoms with Crippen molar-refractivity contribution in [2.75, 3.05) is 24.2 Å². The Balaban J connectivity index is 1.57. The summed E-state index contributed by atoms with van der Waals surface area (Å²) in [7, 11) is -1.29. The Morgan fingerprint density at radius 1 is 1.15 bits per heavy atom. The van der Waals surface area contributed by atoms with E-state index in [4.69, 9.17) is 10.5 Å². The summed E-state index contributed by atoms with van der Waals surface area (Å²) in [6.45, 7) is 9.50. The predicted molar refractivity (Wildman–Crippen MR) is 144 cm³/mol. The maximum atomic E-state index is 14.0. The monoisotopic (exact) mass is 562 g/mol. The third kappa shape index (κ3) is 6.41. The number of nitrogen functional groups attached to an aromatic ring is 1. The second kappa shape index (κ2) is 11.3. The fraction of sp³-hybridized carbons (Fsp3) is 0.462. The van der Waals surface area contributed by atoms with Crippen LogP contribution in [-0.2, 0) is 21.1 Å². The number of rotatable bonds is 7. The molecule has 0 spiro atoms. The van der Waals surface area contributed by atoms with Crippen LogP contribution in [0.15, 0.2) is 24.5 Å². The summed E-state index contributed by atoms with van der Waals surface area (Å²) in [6, 6.07) is 1.90. The zero-order valence-electron chi connectivity index (χ0n) is 22.4. The first-order valence-electron chi connectivity index (χ1n) is 12.8. The summed E-state index contributed by atoms with van der Waals surface area (Å²) >= 11 is 0. The summed E-state index contributed by atoms with van der Waals surface area (Å²) < 4.78 is 48.8. The number of nitrogens with one attached hydrogen (secondary N) is 1. The highest BCUT2D eigenvalue weighted by Crippen LogP contribution is 2.35. The highest BCUT2D eigenvalue weighted by atomic mass is 28.3. The normalized spacial score (nSPS) is 18.0.